The van der Waals surface area contributed by atoms with E-state index in [4.69, 9.17) is 9.90 Å². The molecule has 0 radical (unpaired) electrons. The largest absolute Gasteiger partial charge is 0.490 e. The highest BCUT2D eigenvalue weighted by atomic mass is 32.1. The van der Waals surface area contributed by atoms with Crippen molar-refractivity contribution < 1.29 is 27.5 Å². The average molecular weight is 391 g/mol. The number of aromatic nitrogens is 1. The average Bonchev–Trinajstić information content (AvgIpc) is 3.04. The fourth-order valence-electron chi connectivity index (χ4n) is 2.20. The van der Waals surface area contributed by atoms with Gasteiger partial charge in [0.15, 0.2) is 0 Å². The number of nitrogens with zero attached hydrogens (tertiary/aromatic N) is 2. The number of carbonyl (C=O) groups is 1. The van der Waals surface area contributed by atoms with Gasteiger partial charge in [-0.05, 0) is 24.3 Å². The topological polar surface area (TPSA) is 65.5 Å². The minimum atomic E-state index is -5.08. The van der Waals surface area contributed by atoms with Crippen molar-refractivity contribution in [2.45, 2.75) is 12.7 Å². The van der Waals surface area contributed by atoms with Crippen molar-refractivity contribution in [1.29, 1.82) is 0 Å². The molecule has 2 N–H and O–H groups in total. The van der Waals surface area contributed by atoms with E-state index in [0.717, 1.165) is 49.0 Å². The molecule has 1 aliphatic heterocycles. The zero-order valence-corrected chi connectivity index (χ0v) is 14.4. The molecule has 1 fully saturated rings. The number of hydrogen-bond donors (Lipinski definition) is 2. The lowest BCUT2D eigenvalue weighted by atomic mass is 10.2. The highest BCUT2D eigenvalue weighted by Crippen LogP contribution is 2.24. The first-order valence-electron chi connectivity index (χ1n) is 7.69. The van der Waals surface area contributed by atoms with E-state index in [9.17, 15) is 17.6 Å². The van der Waals surface area contributed by atoms with Gasteiger partial charge in [-0.25, -0.2) is 14.2 Å². The lowest BCUT2D eigenvalue weighted by molar-refractivity contribution is -0.192. The van der Waals surface area contributed by atoms with Gasteiger partial charge in [-0.1, -0.05) is 0 Å². The molecule has 0 unspecified atom stereocenters. The molecule has 2 heterocycles. The zero-order chi connectivity index (χ0) is 19.2. The van der Waals surface area contributed by atoms with Crippen molar-refractivity contribution in [3.63, 3.8) is 0 Å². The Balaban J connectivity index is 0.000000298. The Bertz CT molecular complexity index is 713. The molecule has 0 bridgehead atoms. The van der Waals surface area contributed by atoms with E-state index in [2.05, 4.69) is 20.6 Å². The Hall–Kier alpha value is -2.04. The standard InChI is InChI=1S/C14H16FN3S.C2HF3O2/c15-12-3-1-11(2-4-12)14-17-13(10-19-14)9-18-7-5-16-6-8-18;3-2(4,5)1(6)7/h1-4,10,16H,5-9H2;(H,6,7). The number of piperazine rings is 1. The zero-order valence-electron chi connectivity index (χ0n) is 13.6. The van der Waals surface area contributed by atoms with Crippen LogP contribution in [0.15, 0.2) is 29.6 Å². The lowest BCUT2D eigenvalue weighted by Crippen LogP contribution is -2.42. The number of alkyl halides is 3. The third-order valence-electron chi connectivity index (χ3n) is 3.48. The number of thiazole rings is 1. The van der Waals surface area contributed by atoms with Crippen LogP contribution >= 0.6 is 11.3 Å². The number of carboxylic acids is 1. The Labute approximate surface area is 151 Å². The Morgan fingerprint density at radius 2 is 1.81 bits per heavy atom. The summed E-state index contributed by atoms with van der Waals surface area (Å²) in [6.45, 7) is 5.15. The first-order valence-corrected chi connectivity index (χ1v) is 8.57. The summed E-state index contributed by atoms with van der Waals surface area (Å²) in [6.07, 6.45) is -5.08. The summed E-state index contributed by atoms with van der Waals surface area (Å²) >= 11 is 1.62. The van der Waals surface area contributed by atoms with Crippen LogP contribution in [0.2, 0.25) is 0 Å². The molecular formula is C16H17F4N3O2S. The molecule has 0 aliphatic carbocycles. The van der Waals surface area contributed by atoms with Crippen molar-refractivity contribution in [3.8, 4) is 10.6 Å². The summed E-state index contributed by atoms with van der Waals surface area (Å²) in [4.78, 5) is 15.9. The Kier molecular flexibility index (Phi) is 7.06. The predicted octanol–water partition coefficient (Wildman–Crippen LogP) is 2.99. The van der Waals surface area contributed by atoms with Crippen LogP contribution < -0.4 is 5.32 Å². The molecule has 1 saturated heterocycles. The highest BCUT2D eigenvalue weighted by Gasteiger charge is 2.38. The minimum Gasteiger partial charge on any atom is -0.475 e. The fraction of sp³-hybridized carbons (Fsp3) is 0.375. The summed E-state index contributed by atoms with van der Waals surface area (Å²) in [5.74, 6) is -2.96. The second-order valence-corrected chi connectivity index (χ2v) is 6.34. The number of hydrogen-bond acceptors (Lipinski definition) is 5. The number of aliphatic carboxylic acids is 1. The maximum absolute atomic E-state index is 12.9. The van der Waals surface area contributed by atoms with E-state index >= 15 is 0 Å². The molecule has 5 nitrogen and oxygen atoms in total. The third-order valence-corrected chi connectivity index (χ3v) is 4.42. The van der Waals surface area contributed by atoms with Gasteiger partial charge in [0, 0.05) is 43.7 Å². The van der Waals surface area contributed by atoms with Gasteiger partial charge < -0.3 is 10.4 Å². The SMILES string of the molecule is Fc1ccc(-c2nc(CN3CCNCC3)cs2)cc1.O=C(O)C(F)(F)F. The van der Waals surface area contributed by atoms with Crippen LogP contribution in [-0.2, 0) is 11.3 Å². The Morgan fingerprint density at radius 3 is 2.35 bits per heavy atom. The van der Waals surface area contributed by atoms with Gasteiger partial charge in [0.05, 0.1) is 5.69 Å². The van der Waals surface area contributed by atoms with Gasteiger partial charge in [-0.15, -0.1) is 11.3 Å². The summed E-state index contributed by atoms with van der Waals surface area (Å²) in [5, 5.41) is 13.5. The molecule has 142 valence electrons. The summed E-state index contributed by atoms with van der Waals surface area (Å²) < 4.78 is 44.6. The quantitative estimate of drug-likeness (QED) is 0.788. The van der Waals surface area contributed by atoms with Gasteiger partial charge in [0.25, 0.3) is 0 Å². The molecule has 1 aromatic heterocycles. The van der Waals surface area contributed by atoms with Crippen molar-refractivity contribution in [1.82, 2.24) is 15.2 Å². The fourth-order valence-corrected chi connectivity index (χ4v) is 3.02. The normalized spacial score (nSPS) is 15.2. The van der Waals surface area contributed by atoms with E-state index in [-0.39, 0.29) is 5.82 Å². The van der Waals surface area contributed by atoms with Crippen LogP contribution in [0.1, 0.15) is 5.69 Å². The maximum Gasteiger partial charge on any atom is 0.490 e. The third kappa shape index (κ3) is 6.36. The van der Waals surface area contributed by atoms with Gasteiger partial charge >= 0.3 is 12.1 Å². The number of carboxylic acid groups (broad SMARTS) is 1. The number of rotatable bonds is 3. The highest BCUT2D eigenvalue weighted by molar-refractivity contribution is 7.13. The van der Waals surface area contributed by atoms with E-state index in [1.165, 1.54) is 12.1 Å². The predicted molar refractivity (Wildman–Crippen MR) is 89.3 cm³/mol. The van der Waals surface area contributed by atoms with Crippen LogP contribution in [-0.4, -0.2) is 53.3 Å². The molecule has 0 amide bonds. The number of nitrogens with one attached hydrogen (secondary N) is 1. The molecule has 3 rings (SSSR count). The van der Waals surface area contributed by atoms with Crippen LogP contribution in [0.25, 0.3) is 10.6 Å². The molecule has 26 heavy (non-hydrogen) atoms. The smallest absolute Gasteiger partial charge is 0.475 e. The van der Waals surface area contributed by atoms with Gasteiger partial charge in [-0.3, -0.25) is 4.90 Å². The van der Waals surface area contributed by atoms with Crippen LogP contribution in [0, 0.1) is 5.82 Å². The molecule has 10 heteroatoms. The van der Waals surface area contributed by atoms with Gasteiger partial charge in [-0.2, -0.15) is 13.2 Å². The van der Waals surface area contributed by atoms with Gasteiger partial charge in [0.1, 0.15) is 10.8 Å². The second-order valence-electron chi connectivity index (χ2n) is 5.48. The van der Waals surface area contributed by atoms with Crippen LogP contribution in [0.3, 0.4) is 0 Å². The molecule has 0 spiro atoms. The summed E-state index contributed by atoms with van der Waals surface area (Å²) in [5.41, 5.74) is 2.09. The summed E-state index contributed by atoms with van der Waals surface area (Å²) in [6, 6.07) is 6.52. The van der Waals surface area contributed by atoms with Gasteiger partial charge in [0.2, 0.25) is 0 Å². The van der Waals surface area contributed by atoms with E-state index in [1.807, 2.05) is 0 Å². The van der Waals surface area contributed by atoms with E-state index in [1.54, 1.807) is 23.5 Å². The molecule has 2 aromatic rings. The monoisotopic (exact) mass is 391 g/mol. The second kappa shape index (κ2) is 9.06. The molecule has 0 atom stereocenters. The van der Waals surface area contributed by atoms with Crippen molar-refractivity contribution in [2.75, 3.05) is 26.2 Å². The lowest BCUT2D eigenvalue weighted by Gasteiger charge is -2.26. The minimum absolute atomic E-state index is 0.207. The van der Waals surface area contributed by atoms with E-state index in [0.29, 0.717) is 0 Å². The first-order chi connectivity index (χ1) is 12.3. The van der Waals surface area contributed by atoms with Crippen LogP contribution in [0.5, 0.6) is 0 Å². The van der Waals surface area contributed by atoms with Crippen molar-refractivity contribution in [2.24, 2.45) is 0 Å². The Morgan fingerprint density at radius 1 is 1.23 bits per heavy atom. The van der Waals surface area contributed by atoms with Crippen LogP contribution in [0.4, 0.5) is 17.6 Å². The number of halogens is 4. The summed E-state index contributed by atoms with van der Waals surface area (Å²) in [7, 11) is 0. The van der Waals surface area contributed by atoms with Crippen molar-refractivity contribution >= 4 is 17.3 Å². The van der Waals surface area contributed by atoms with Crippen molar-refractivity contribution in [3.05, 3.63) is 41.2 Å². The maximum atomic E-state index is 12.9. The first kappa shape index (κ1) is 20.3. The molecule has 0 saturated carbocycles. The molecule has 1 aromatic carbocycles. The molecule has 1 aliphatic rings. The van der Waals surface area contributed by atoms with E-state index < -0.39 is 12.1 Å². The number of benzene rings is 1. The molecular weight excluding hydrogens is 374 g/mol.